The van der Waals surface area contributed by atoms with Crippen molar-refractivity contribution < 1.29 is 191 Å². The van der Waals surface area contributed by atoms with Crippen LogP contribution >= 0.6 is 0 Å². The fourth-order valence-electron chi connectivity index (χ4n) is 10.8. The molecule has 4 aliphatic rings. The maximum absolute atomic E-state index is 13.9. The quantitative estimate of drug-likeness (QED) is 0.0419. The number of ether oxygens (including phenoxy) is 23. The van der Waals surface area contributed by atoms with Crippen molar-refractivity contribution in [3.8, 4) is 0 Å². The summed E-state index contributed by atoms with van der Waals surface area (Å²) in [6.07, 6.45) is -40.0. The third kappa shape index (κ3) is 25.2. The van der Waals surface area contributed by atoms with Crippen molar-refractivity contribution in [3.63, 3.8) is 0 Å². The molecule has 0 saturated carbocycles. The van der Waals surface area contributed by atoms with E-state index < -0.39 is 264 Å². The lowest BCUT2D eigenvalue weighted by atomic mass is 9.93. The van der Waals surface area contributed by atoms with E-state index in [4.69, 9.17) is 109 Å². The second kappa shape index (κ2) is 39.0. The molecule has 0 unspecified atom stereocenters. The van der Waals surface area contributed by atoms with E-state index in [0.29, 0.717) is 5.56 Å². The largest absolute Gasteiger partial charge is 0.463 e. The number of hydrogen-bond donors (Lipinski definition) is 3. The number of esters is 14. The van der Waals surface area contributed by atoms with Gasteiger partial charge in [0.2, 0.25) is 24.2 Å². The number of carbonyl (C=O) groups is 15. The Balaban J connectivity index is 1.66. The molecule has 3 N–H and O–H groups in total. The van der Waals surface area contributed by atoms with Crippen molar-refractivity contribution in [3.05, 3.63) is 35.9 Å². The predicted molar refractivity (Wildman–Crippen MR) is 324 cm³/mol. The molecule has 104 heavy (non-hydrogen) atoms. The molecule has 5 rings (SSSR count). The van der Waals surface area contributed by atoms with Crippen LogP contribution in [0.25, 0.3) is 0 Å². The van der Waals surface area contributed by atoms with Gasteiger partial charge in [0.15, 0.2) is 85.8 Å². The highest BCUT2D eigenvalue weighted by Gasteiger charge is 2.67. The molecule has 4 fully saturated rings. The van der Waals surface area contributed by atoms with Crippen molar-refractivity contribution in [1.82, 2.24) is 5.32 Å². The van der Waals surface area contributed by atoms with Gasteiger partial charge in [-0.05, 0) is 5.56 Å². The zero-order valence-electron chi connectivity index (χ0n) is 58.7. The smallest absolute Gasteiger partial charge is 0.407 e. The topological polar surface area (TPSA) is 521 Å². The summed E-state index contributed by atoms with van der Waals surface area (Å²) in [6.45, 7) is 6.00. The van der Waals surface area contributed by atoms with Crippen LogP contribution in [-0.4, -0.2) is 268 Å². The Labute approximate surface area is 591 Å². The first kappa shape index (κ1) is 85.3. The number of carbonyl (C=O) groups excluding carboxylic acids is 15. The third-order valence-electron chi connectivity index (χ3n) is 14.5. The summed E-state index contributed by atoms with van der Waals surface area (Å²) in [6, 6.07) is 6.35. The molecule has 4 heterocycles. The Hall–Kier alpha value is -9.33. The molecule has 1 aromatic rings. The molecule has 4 aliphatic heterocycles. The summed E-state index contributed by atoms with van der Waals surface area (Å²) < 4.78 is 131. The van der Waals surface area contributed by atoms with E-state index in [1.54, 1.807) is 30.3 Å². The van der Waals surface area contributed by atoms with Gasteiger partial charge in [0.05, 0.1) is 19.3 Å². The highest BCUT2D eigenvalue weighted by molar-refractivity contribution is 5.72. The van der Waals surface area contributed by atoms with Gasteiger partial charge in [-0.1, -0.05) is 30.3 Å². The normalized spacial score (nSPS) is 30.2. The van der Waals surface area contributed by atoms with Gasteiger partial charge in [0, 0.05) is 96.9 Å². The molecule has 0 aromatic heterocycles. The van der Waals surface area contributed by atoms with Crippen LogP contribution in [0, 0.1) is 0 Å². The average Bonchev–Trinajstić information content (AvgIpc) is 0.747. The molecule has 4 saturated heterocycles. The van der Waals surface area contributed by atoms with Crippen molar-refractivity contribution in [2.45, 2.75) is 232 Å². The fourth-order valence-corrected chi connectivity index (χ4v) is 10.8. The molecule has 0 radical (unpaired) electrons. The first-order valence-electron chi connectivity index (χ1n) is 31.6. The maximum Gasteiger partial charge on any atom is 0.407 e. The number of aliphatic hydroxyl groups is 2. The lowest BCUT2D eigenvalue weighted by molar-refractivity contribution is -0.441. The minimum absolute atomic E-state index is 0.401. The van der Waals surface area contributed by atoms with Gasteiger partial charge >= 0.3 is 89.7 Å². The van der Waals surface area contributed by atoms with Crippen LogP contribution in [0.1, 0.15) is 102 Å². The monoisotopic (exact) mass is 1490 g/mol. The second-order valence-corrected chi connectivity index (χ2v) is 23.2. The zero-order chi connectivity index (χ0) is 77.7. The van der Waals surface area contributed by atoms with Crippen LogP contribution in [0.4, 0.5) is 4.79 Å². The molecule has 1 amide bonds. The highest BCUT2D eigenvalue weighted by atomic mass is 16.8. The van der Waals surface area contributed by atoms with Crippen LogP contribution in [0.2, 0.25) is 0 Å². The molecule has 1 aromatic carbocycles. The van der Waals surface area contributed by atoms with E-state index in [1.165, 1.54) is 0 Å². The Morgan fingerprint density at radius 2 is 0.654 bits per heavy atom. The average molecular weight is 1490 g/mol. The number of hydrogen-bond acceptors (Lipinski definition) is 40. The first-order chi connectivity index (χ1) is 48.7. The number of benzene rings is 1. The van der Waals surface area contributed by atoms with E-state index in [9.17, 15) is 82.1 Å². The van der Waals surface area contributed by atoms with Crippen molar-refractivity contribution in [2.24, 2.45) is 0 Å². The van der Waals surface area contributed by atoms with Crippen LogP contribution in [0.15, 0.2) is 30.3 Å². The van der Waals surface area contributed by atoms with Crippen LogP contribution in [-0.2, 0) is 183 Å². The summed E-state index contributed by atoms with van der Waals surface area (Å²) in [7, 11) is 0. The summed E-state index contributed by atoms with van der Waals surface area (Å²) in [5.74, 6) is -22.6. The van der Waals surface area contributed by atoms with Crippen LogP contribution in [0.5, 0.6) is 0 Å². The Bertz CT molecular complexity index is 3060. The Kier molecular flexibility index (Phi) is 32.0. The molecule has 41 heteroatoms. The minimum Gasteiger partial charge on any atom is -0.463 e. The summed E-state index contributed by atoms with van der Waals surface area (Å²) in [5.41, 5.74) is 0.453. The molecule has 20 atom stereocenters. The summed E-state index contributed by atoms with van der Waals surface area (Å²) in [5, 5.41) is 28.7. The molecular formula is C63H83NO40. The number of rotatable bonds is 31. The van der Waals surface area contributed by atoms with Crippen molar-refractivity contribution >= 4 is 89.7 Å². The van der Waals surface area contributed by atoms with Gasteiger partial charge in [0.25, 0.3) is 0 Å². The van der Waals surface area contributed by atoms with Gasteiger partial charge < -0.3 is 124 Å². The molecule has 580 valence electrons. The molecule has 41 nitrogen and oxygen atoms in total. The highest BCUT2D eigenvalue weighted by Crippen LogP contribution is 2.43. The van der Waals surface area contributed by atoms with Gasteiger partial charge in [-0.15, -0.1) is 0 Å². The lowest BCUT2D eigenvalue weighted by Crippen LogP contribution is -2.73. The molecular weight excluding hydrogens is 1410 g/mol. The first-order valence-corrected chi connectivity index (χ1v) is 31.6. The van der Waals surface area contributed by atoms with Gasteiger partial charge in [-0.2, -0.15) is 0 Å². The van der Waals surface area contributed by atoms with Gasteiger partial charge in [-0.25, -0.2) is 4.79 Å². The van der Waals surface area contributed by atoms with Crippen molar-refractivity contribution in [1.29, 1.82) is 0 Å². The fraction of sp³-hybridized carbons (Fsp3) is 0.667. The van der Waals surface area contributed by atoms with Crippen LogP contribution < -0.4 is 5.32 Å². The van der Waals surface area contributed by atoms with E-state index in [2.05, 4.69) is 5.32 Å². The second-order valence-electron chi connectivity index (χ2n) is 23.2. The summed E-state index contributed by atoms with van der Waals surface area (Å²) >= 11 is 0. The predicted octanol–water partition coefficient (Wildman–Crippen LogP) is -1.81. The lowest BCUT2D eigenvalue weighted by Gasteiger charge is -2.52. The minimum atomic E-state index is -3.45. The number of amides is 1. The van der Waals surface area contributed by atoms with E-state index in [1.807, 2.05) is 0 Å². The van der Waals surface area contributed by atoms with Crippen LogP contribution in [0.3, 0.4) is 0 Å². The van der Waals surface area contributed by atoms with E-state index in [-0.39, 0.29) is 0 Å². The standard InChI is InChI=1S/C63H83NO40/c1-27(65)82-23-43-47(89-31(5)69)49(91-33(7)71)51(93-35(9)73)59(99-43)103-62(80)45(25-84-29(3)67)101-57(53(95-37(11)75)55(62)97-39(13)77)86-21-42(64-61(79)88-20-41-18-16-15-17-19-41)22-87-58-54(96-38(12)76)56(98-40(14)78)63(81,46(102-58)26-85-30(4)68)104-60-52(94-36(10)74)50(92-34(8)72)48(90-32(6)70)44(100-60)24-83-28(2)66/h15-19,42-60,80-81H,20-26H2,1-14H3,(H,64,79)/t43-,44-,45-,46-,47+,48+,49+,50+,51-,52-,53-,54-,55-,56-,57-,58-,59+,60+,62-,63-/m1/s1. The SMILES string of the molecule is CC(=O)OC[C@H]1O[C@@H](O[C@@]2(O)[C@H](OC(C)=O)[C@@H](OC(C)=O)[C@H](OCC(CO[C@@H]3O[C@H](COC(C)=O)[C@@](O)(O[C@@H]4O[C@H](COC(C)=O)[C@H](OC(C)=O)[C@H](OC(C)=O)[C@H]4OC(C)=O)[C@H](OC(C)=O)[C@H]3OC(C)=O)NC(=O)OCc3ccccc3)O[C@@H]2COC(C)=O)[C@H](OC(C)=O)[C@@H](OC(C)=O)[C@H]1OC(C)=O. The number of nitrogens with one attached hydrogen (secondary N) is 1. The van der Waals surface area contributed by atoms with Gasteiger partial charge in [-0.3, -0.25) is 67.1 Å². The van der Waals surface area contributed by atoms with E-state index >= 15 is 0 Å². The van der Waals surface area contributed by atoms with Gasteiger partial charge in [0.1, 0.15) is 45.2 Å². The molecule has 0 aliphatic carbocycles. The molecule has 0 bridgehead atoms. The third-order valence-corrected chi connectivity index (χ3v) is 14.5. The van der Waals surface area contributed by atoms with Crippen molar-refractivity contribution in [2.75, 3.05) is 39.6 Å². The Morgan fingerprint density at radius 3 is 0.971 bits per heavy atom. The summed E-state index contributed by atoms with van der Waals surface area (Å²) in [4.78, 5) is 193. The van der Waals surface area contributed by atoms with E-state index in [0.717, 1.165) is 96.9 Å². The zero-order valence-corrected chi connectivity index (χ0v) is 58.7. The molecule has 0 spiro atoms. The maximum atomic E-state index is 13.9. The number of alkyl carbamates (subject to hydrolysis) is 1. The Morgan fingerprint density at radius 1 is 0.356 bits per heavy atom.